The van der Waals surface area contributed by atoms with Gasteiger partial charge in [0.2, 0.25) is 0 Å². The maximum atomic E-state index is 12.5. The first-order valence-corrected chi connectivity index (χ1v) is 10.8. The van der Waals surface area contributed by atoms with E-state index in [0.717, 1.165) is 17.6 Å². The molecule has 0 unspecified atom stereocenters. The quantitative estimate of drug-likeness (QED) is 0.170. The topological polar surface area (TPSA) is 137 Å². The molecule has 0 spiro atoms. The molecule has 1 heterocycles. The number of ether oxygens (including phenoxy) is 3. The lowest BCUT2D eigenvalue weighted by atomic mass is 10.1. The van der Waals surface area contributed by atoms with Crippen LogP contribution >= 0.6 is 15.9 Å². The van der Waals surface area contributed by atoms with Crippen LogP contribution in [0.15, 0.2) is 46.6 Å². The molecule has 1 aliphatic heterocycles. The van der Waals surface area contributed by atoms with Gasteiger partial charge in [-0.1, -0.05) is 15.9 Å². The minimum atomic E-state index is -0.731. The van der Waals surface area contributed by atoms with Crippen LogP contribution in [-0.2, 0) is 20.9 Å². The van der Waals surface area contributed by atoms with Crippen molar-refractivity contribution in [2.75, 3.05) is 20.3 Å². The number of hydrogen-bond donors (Lipinski definition) is 1. The maximum Gasteiger partial charge on any atom is 0.329 e. The lowest BCUT2D eigenvalue weighted by Crippen LogP contribution is -2.36. The molecule has 0 atom stereocenters. The van der Waals surface area contributed by atoms with E-state index in [1.807, 2.05) is 0 Å². The van der Waals surface area contributed by atoms with E-state index in [4.69, 9.17) is 9.47 Å². The summed E-state index contributed by atoms with van der Waals surface area (Å²) in [5.74, 6) is -0.594. The van der Waals surface area contributed by atoms with Crippen molar-refractivity contribution in [2.45, 2.75) is 13.5 Å². The Morgan fingerprint density at radius 1 is 1.18 bits per heavy atom. The standard InChI is InChI=1S/C22H20BrN3O8/c1-3-33-18-9-14(8-17-21(28)25(22(29)24-17)11-20(27)32-2)16(23)10-19(18)34-12-13-4-6-15(7-5-13)26(30)31/h4-10H,3,11-12H2,1-2H3,(H,24,29)/b17-8+. The van der Waals surface area contributed by atoms with Gasteiger partial charge in [-0.2, -0.15) is 0 Å². The summed E-state index contributed by atoms with van der Waals surface area (Å²) in [4.78, 5) is 47.1. The van der Waals surface area contributed by atoms with Crippen molar-refractivity contribution < 1.29 is 33.5 Å². The number of benzene rings is 2. The van der Waals surface area contributed by atoms with E-state index < -0.39 is 29.4 Å². The molecule has 0 saturated carbocycles. The summed E-state index contributed by atoms with van der Waals surface area (Å²) in [6.45, 7) is 1.78. The van der Waals surface area contributed by atoms with E-state index in [9.17, 15) is 24.5 Å². The van der Waals surface area contributed by atoms with Crippen molar-refractivity contribution >= 4 is 45.6 Å². The number of amides is 3. The van der Waals surface area contributed by atoms with Gasteiger partial charge in [-0.3, -0.25) is 19.7 Å². The maximum absolute atomic E-state index is 12.5. The van der Waals surface area contributed by atoms with Crippen molar-refractivity contribution in [1.82, 2.24) is 10.2 Å². The van der Waals surface area contributed by atoms with Crippen LogP contribution in [0, 0.1) is 10.1 Å². The van der Waals surface area contributed by atoms with E-state index in [0.29, 0.717) is 28.1 Å². The third kappa shape index (κ3) is 5.70. The highest BCUT2D eigenvalue weighted by molar-refractivity contribution is 9.10. The van der Waals surface area contributed by atoms with E-state index in [-0.39, 0.29) is 18.0 Å². The molecule has 178 valence electrons. The molecule has 3 rings (SSSR count). The number of esters is 1. The van der Waals surface area contributed by atoms with E-state index in [2.05, 4.69) is 26.0 Å². The fourth-order valence-corrected chi connectivity index (χ4v) is 3.42. The molecular weight excluding hydrogens is 514 g/mol. The fourth-order valence-electron chi connectivity index (χ4n) is 2.98. The first-order chi connectivity index (χ1) is 16.2. The first kappa shape index (κ1) is 24.7. The smallest absolute Gasteiger partial charge is 0.329 e. The Labute approximate surface area is 202 Å². The van der Waals surface area contributed by atoms with Crippen LogP contribution in [0.4, 0.5) is 10.5 Å². The number of rotatable bonds is 9. The van der Waals surface area contributed by atoms with Crippen molar-refractivity contribution in [1.29, 1.82) is 0 Å². The Bertz CT molecular complexity index is 1160. The predicted octanol–water partition coefficient (Wildman–Crippen LogP) is 3.40. The highest BCUT2D eigenvalue weighted by Crippen LogP contribution is 2.35. The van der Waals surface area contributed by atoms with E-state index in [1.165, 1.54) is 18.2 Å². The number of nitro groups is 1. The second-order valence-electron chi connectivity index (χ2n) is 6.92. The number of nitrogens with zero attached hydrogens (tertiary/aromatic N) is 2. The van der Waals surface area contributed by atoms with Gasteiger partial charge in [0.05, 0.1) is 18.6 Å². The monoisotopic (exact) mass is 533 g/mol. The normalized spacial score (nSPS) is 14.2. The zero-order chi connectivity index (χ0) is 24.8. The van der Waals surface area contributed by atoms with Crippen molar-refractivity contribution in [3.8, 4) is 11.5 Å². The molecule has 11 nitrogen and oxygen atoms in total. The summed E-state index contributed by atoms with van der Waals surface area (Å²) in [7, 11) is 1.16. The molecule has 1 fully saturated rings. The number of methoxy groups -OCH3 is 1. The molecule has 1 N–H and O–H groups in total. The van der Waals surface area contributed by atoms with Crippen LogP contribution < -0.4 is 14.8 Å². The van der Waals surface area contributed by atoms with Crippen molar-refractivity contribution in [3.63, 3.8) is 0 Å². The highest BCUT2D eigenvalue weighted by atomic mass is 79.9. The van der Waals surface area contributed by atoms with Crippen molar-refractivity contribution in [2.24, 2.45) is 0 Å². The number of urea groups is 1. The molecule has 0 aliphatic carbocycles. The minimum absolute atomic E-state index is 0.0161. The Balaban J connectivity index is 1.82. The third-order valence-electron chi connectivity index (χ3n) is 4.68. The molecule has 0 aromatic heterocycles. The number of carbonyl (C=O) groups is 3. The predicted molar refractivity (Wildman–Crippen MR) is 123 cm³/mol. The van der Waals surface area contributed by atoms with Gasteiger partial charge in [-0.25, -0.2) is 9.69 Å². The van der Waals surface area contributed by atoms with Crippen LogP contribution in [-0.4, -0.2) is 48.0 Å². The second-order valence-corrected chi connectivity index (χ2v) is 7.78. The molecule has 34 heavy (non-hydrogen) atoms. The molecule has 1 aliphatic rings. The van der Waals surface area contributed by atoms with Gasteiger partial charge in [-0.05, 0) is 48.4 Å². The third-order valence-corrected chi connectivity index (χ3v) is 5.37. The largest absolute Gasteiger partial charge is 0.490 e. The van der Waals surface area contributed by atoms with Crippen molar-refractivity contribution in [3.05, 3.63) is 67.8 Å². The van der Waals surface area contributed by atoms with E-state index >= 15 is 0 Å². The van der Waals surface area contributed by atoms with Gasteiger partial charge < -0.3 is 19.5 Å². The molecule has 2 aromatic carbocycles. The highest BCUT2D eigenvalue weighted by Gasteiger charge is 2.35. The molecule has 12 heteroatoms. The Hall–Kier alpha value is -3.93. The first-order valence-electron chi connectivity index (χ1n) is 9.97. The zero-order valence-electron chi connectivity index (χ0n) is 18.2. The SMILES string of the molecule is CCOc1cc(/C=C2/NC(=O)N(CC(=O)OC)C2=O)c(Br)cc1OCc1ccc([N+](=O)[O-])cc1. The average Bonchev–Trinajstić information content (AvgIpc) is 3.07. The number of nitrogens with one attached hydrogen (secondary N) is 1. The van der Waals surface area contributed by atoms with Gasteiger partial charge in [0.15, 0.2) is 11.5 Å². The fraction of sp³-hybridized carbons (Fsp3) is 0.227. The summed E-state index contributed by atoms with van der Waals surface area (Å²) < 4.78 is 16.6. The summed E-state index contributed by atoms with van der Waals surface area (Å²) in [5, 5.41) is 13.2. The lowest BCUT2D eigenvalue weighted by Gasteiger charge is -2.14. The van der Waals surface area contributed by atoms with Crippen LogP contribution in [0.1, 0.15) is 18.1 Å². The van der Waals surface area contributed by atoms with Gasteiger partial charge in [0.1, 0.15) is 18.8 Å². The number of nitro benzene ring substituents is 1. The summed E-state index contributed by atoms with van der Waals surface area (Å²) in [6.07, 6.45) is 1.45. The molecule has 0 bridgehead atoms. The van der Waals surface area contributed by atoms with Crippen LogP contribution in [0.25, 0.3) is 6.08 Å². The Morgan fingerprint density at radius 2 is 1.85 bits per heavy atom. The second kappa shape index (κ2) is 10.8. The number of halogens is 1. The van der Waals surface area contributed by atoms with Gasteiger partial charge in [0.25, 0.3) is 11.6 Å². The van der Waals surface area contributed by atoms with Crippen LogP contribution in [0.2, 0.25) is 0 Å². The Kier molecular flexibility index (Phi) is 7.84. The zero-order valence-corrected chi connectivity index (χ0v) is 19.8. The van der Waals surface area contributed by atoms with E-state index in [1.54, 1.807) is 31.2 Å². The Morgan fingerprint density at radius 3 is 2.47 bits per heavy atom. The summed E-state index contributed by atoms with van der Waals surface area (Å²) in [5.41, 5.74) is 1.21. The summed E-state index contributed by atoms with van der Waals surface area (Å²) >= 11 is 3.43. The van der Waals surface area contributed by atoms with Crippen LogP contribution in [0.5, 0.6) is 11.5 Å². The molecule has 1 saturated heterocycles. The van der Waals surface area contributed by atoms with Gasteiger partial charge in [0, 0.05) is 16.6 Å². The average molecular weight is 534 g/mol. The minimum Gasteiger partial charge on any atom is -0.490 e. The molecule has 2 aromatic rings. The van der Waals surface area contributed by atoms with Gasteiger partial charge >= 0.3 is 12.0 Å². The number of imide groups is 1. The van der Waals surface area contributed by atoms with Crippen LogP contribution in [0.3, 0.4) is 0 Å². The molecule has 3 amide bonds. The number of carbonyl (C=O) groups excluding carboxylic acids is 3. The van der Waals surface area contributed by atoms with Gasteiger partial charge in [-0.15, -0.1) is 0 Å². The number of non-ortho nitro benzene ring substituents is 1. The summed E-state index contributed by atoms with van der Waals surface area (Å²) in [6, 6.07) is 8.53. The lowest BCUT2D eigenvalue weighted by molar-refractivity contribution is -0.384. The molecular formula is C22H20BrN3O8. The number of hydrogen-bond acceptors (Lipinski definition) is 8. The molecule has 0 radical (unpaired) electrons.